The van der Waals surface area contributed by atoms with Crippen LogP contribution in [0, 0.1) is 11.3 Å². The molecule has 1 spiro atoms. The Morgan fingerprint density at radius 3 is 2.48 bits per heavy atom. The highest BCUT2D eigenvalue weighted by atomic mass is 35.5. The van der Waals surface area contributed by atoms with Gasteiger partial charge in [-0.2, -0.15) is 0 Å². The van der Waals surface area contributed by atoms with Crippen molar-refractivity contribution in [2.24, 2.45) is 11.3 Å². The van der Waals surface area contributed by atoms with Gasteiger partial charge in [0, 0.05) is 11.6 Å². The second-order valence-corrected chi connectivity index (χ2v) is 10.5. The van der Waals surface area contributed by atoms with Gasteiger partial charge >= 0.3 is 6.09 Å². The molecule has 2 aromatic carbocycles. The SMILES string of the molecule is O=C(O)N(C1c2cc(-c3cccc(Cl)c3)ccc2CCC12CC2)[C@@H]1CN2CCC1CC2. The maximum atomic E-state index is 12.8. The van der Waals surface area contributed by atoms with Crippen molar-refractivity contribution in [3.05, 3.63) is 58.6 Å². The smallest absolute Gasteiger partial charge is 0.408 e. The average molecular weight is 437 g/mol. The minimum atomic E-state index is -0.740. The Hall–Kier alpha value is -2.04. The lowest BCUT2D eigenvalue weighted by atomic mass is 9.73. The number of aryl methyl sites for hydroxylation is 1. The lowest BCUT2D eigenvalue weighted by molar-refractivity contribution is -0.0243. The fourth-order valence-electron chi connectivity index (χ4n) is 6.60. The molecule has 0 radical (unpaired) electrons. The molecule has 4 nitrogen and oxygen atoms in total. The molecule has 5 heteroatoms. The van der Waals surface area contributed by atoms with Crippen LogP contribution in [0.5, 0.6) is 0 Å². The topological polar surface area (TPSA) is 43.8 Å². The fourth-order valence-corrected chi connectivity index (χ4v) is 6.79. The number of hydrogen-bond donors (Lipinski definition) is 1. The Morgan fingerprint density at radius 2 is 1.84 bits per heavy atom. The van der Waals surface area contributed by atoms with E-state index in [-0.39, 0.29) is 17.5 Å². The van der Waals surface area contributed by atoms with Crippen LogP contribution in [0.25, 0.3) is 11.1 Å². The first-order valence-corrected chi connectivity index (χ1v) is 12.0. The minimum absolute atomic E-state index is 0.0292. The number of amides is 1. The summed E-state index contributed by atoms with van der Waals surface area (Å²) >= 11 is 6.26. The van der Waals surface area contributed by atoms with E-state index in [1.165, 1.54) is 11.1 Å². The van der Waals surface area contributed by atoms with Gasteiger partial charge in [-0.15, -0.1) is 0 Å². The highest BCUT2D eigenvalue weighted by Gasteiger charge is 2.57. The zero-order valence-electron chi connectivity index (χ0n) is 17.8. The second-order valence-electron chi connectivity index (χ2n) is 10.1. The summed E-state index contributed by atoms with van der Waals surface area (Å²) in [5, 5.41) is 11.2. The molecular weight excluding hydrogens is 408 g/mol. The van der Waals surface area contributed by atoms with Gasteiger partial charge < -0.3 is 10.0 Å². The normalized spacial score (nSPS) is 30.1. The molecule has 1 unspecified atom stereocenters. The molecule has 1 N–H and O–H groups in total. The minimum Gasteiger partial charge on any atom is -0.465 e. The zero-order valence-corrected chi connectivity index (χ0v) is 18.5. The molecule has 2 bridgehead atoms. The summed E-state index contributed by atoms with van der Waals surface area (Å²) in [5.74, 6) is 0.499. The molecule has 3 aliphatic heterocycles. The standard InChI is InChI=1S/C26H29ClN2O2/c27-21-3-1-2-19(14-21)20-5-4-17-6-9-26(10-11-26)24(22(17)15-20)29(25(30)31)23-16-28-12-7-18(23)8-13-28/h1-5,14-15,18,23-24H,6-13,16H2,(H,30,31)/t23-,24?/m1/s1. The van der Waals surface area contributed by atoms with Crippen LogP contribution < -0.4 is 0 Å². The first kappa shape index (κ1) is 19.6. The van der Waals surface area contributed by atoms with Crippen LogP contribution in [0.15, 0.2) is 42.5 Å². The van der Waals surface area contributed by atoms with Gasteiger partial charge in [-0.1, -0.05) is 35.9 Å². The van der Waals surface area contributed by atoms with Crippen molar-refractivity contribution in [3.63, 3.8) is 0 Å². The maximum Gasteiger partial charge on any atom is 0.408 e. The van der Waals surface area contributed by atoms with E-state index in [0.717, 1.165) is 74.3 Å². The van der Waals surface area contributed by atoms with Gasteiger partial charge in [0.25, 0.3) is 0 Å². The fraction of sp³-hybridized carbons (Fsp3) is 0.500. The molecule has 31 heavy (non-hydrogen) atoms. The molecule has 1 saturated carbocycles. The van der Waals surface area contributed by atoms with E-state index in [0.29, 0.717) is 5.92 Å². The molecule has 3 saturated heterocycles. The molecule has 2 aliphatic carbocycles. The Kier molecular flexibility index (Phi) is 4.59. The van der Waals surface area contributed by atoms with Crippen LogP contribution in [-0.4, -0.2) is 46.7 Å². The van der Waals surface area contributed by atoms with E-state index < -0.39 is 6.09 Å². The van der Waals surface area contributed by atoms with Crippen molar-refractivity contribution >= 4 is 17.7 Å². The van der Waals surface area contributed by atoms with E-state index in [9.17, 15) is 9.90 Å². The number of halogens is 1. The zero-order chi connectivity index (χ0) is 21.2. The predicted octanol–water partition coefficient (Wildman–Crippen LogP) is 5.85. The number of carbonyl (C=O) groups is 1. The number of nitrogens with zero attached hydrogens (tertiary/aromatic N) is 2. The highest BCUT2D eigenvalue weighted by molar-refractivity contribution is 6.30. The summed E-state index contributed by atoms with van der Waals surface area (Å²) in [5.41, 5.74) is 4.91. The van der Waals surface area contributed by atoms with E-state index in [4.69, 9.17) is 11.6 Å². The third-order valence-corrected chi connectivity index (χ3v) is 8.68. The average Bonchev–Trinajstić information content (AvgIpc) is 3.56. The highest BCUT2D eigenvalue weighted by Crippen LogP contribution is 2.64. The van der Waals surface area contributed by atoms with Crippen molar-refractivity contribution in [3.8, 4) is 11.1 Å². The lowest BCUT2D eigenvalue weighted by Crippen LogP contribution is -2.60. The van der Waals surface area contributed by atoms with Gasteiger partial charge in [0.05, 0.1) is 12.1 Å². The van der Waals surface area contributed by atoms with Crippen LogP contribution >= 0.6 is 11.6 Å². The third-order valence-electron chi connectivity index (χ3n) is 8.44. The number of rotatable bonds is 3. The molecule has 162 valence electrons. The molecule has 4 fully saturated rings. The monoisotopic (exact) mass is 436 g/mol. The molecule has 0 aromatic heterocycles. The largest absolute Gasteiger partial charge is 0.465 e. The number of hydrogen-bond acceptors (Lipinski definition) is 2. The molecule has 3 heterocycles. The Labute approximate surface area is 188 Å². The van der Waals surface area contributed by atoms with Crippen molar-refractivity contribution < 1.29 is 9.90 Å². The van der Waals surface area contributed by atoms with Crippen LogP contribution in [0.1, 0.15) is 49.3 Å². The van der Waals surface area contributed by atoms with Crippen molar-refractivity contribution in [1.29, 1.82) is 0 Å². The van der Waals surface area contributed by atoms with Gasteiger partial charge in [0.1, 0.15) is 0 Å². The van der Waals surface area contributed by atoms with E-state index >= 15 is 0 Å². The quantitative estimate of drug-likeness (QED) is 0.656. The summed E-state index contributed by atoms with van der Waals surface area (Å²) in [6.07, 6.45) is 5.96. The van der Waals surface area contributed by atoms with Crippen molar-refractivity contribution in [1.82, 2.24) is 9.80 Å². The van der Waals surface area contributed by atoms with Crippen LogP contribution in [-0.2, 0) is 6.42 Å². The van der Waals surface area contributed by atoms with Gasteiger partial charge in [-0.3, -0.25) is 4.90 Å². The molecule has 5 aliphatic rings. The number of fused-ring (bicyclic) bond motifs is 4. The van der Waals surface area contributed by atoms with Gasteiger partial charge in [0.15, 0.2) is 0 Å². The van der Waals surface area contributed by atoms with Gasteiger partial charge in [-0.25, -0.2) is 4.79 Å². The van der Waals surface area contributed by atoms with Gasteiger partial charge in [-0.05, 0) is 103 Å². The van der Waals surface area contributed by atoms with Crippen LogP contribution in [0.3, 0.4) is 0 Å². The first-order chi connectivity index (χ1) is 15.0. The number of carboxylic acid groups (broad SMARTS) is 1. The molecule has 2 atom stereocenters. The van der Waals surface area contributed by atoms with Crippen molar-refractivity contribution in [2.45, 2.75) is 50.6 Å². The summed E-state index contributed by atoms with van der Waals surface area (Å²) in [4.78, 5) is 17.2. The van der Waals surface area contributed by atoms with E-state index in [2.05, 4.69) is 29.2 Å². The predicted molar refractivity (Wildman–Crippen MR) is 122 cm³/mol. The Morgan fingerprint density at radius 1 is 1.06 bits per heavy atom. The molecule has 1 amide bonds. The summed E-state index contributed by atoms with van der Waals surface area (Å²) in [6, 6.07) is 14.7. The third kappa shape index (κ3) is 3.27. The number of benzene rings is 2. The summed E-state index contributed by atoms with van der Waals surface area (Å²) in [6.45, 7) is 3.15. The number of piperidine rings is 3. The van der Waals surface area contributed by atoms with Crippen LogP contribution in [0.2, 0.25) is 5.02 Å². The van der Waals surface area contributed by atoms with E-state index in [1.54, 1.807) is 0 Å². The molecule has 7 rings (SSSR count). The van der Waals surface area contributed by atoms with Crippen LogP contribution in [0.4, 0.5) is 4.79 Å². The lowest BCUT2D eigenvalue weighted by Gasteiger charge is -2.52. The summed E-state index contributed by atoms with van der Waals surface area (Å²) < 4.78 is 0. The van der Waals surface area contributed by atoms with E-state index in [1.807, 2.05) is 23.1 Å². The second kappa shape index (κ2) is 7.25. The summed E-state index contributed by atoms with van der Waals surface area (Å²) in [7, 11) is 0. The Balaban J connectivity index is 1.45. The Bertz CT molecular complexity index is 1030. The maximum absolute atomic E-state index is 12.8. The molecular formula is C26H29ClN2O2. The van der Waals surface area contributed by atoms with Gasteiger partial charge in [0.2, 0.25) is 0 Å². The van der Waals surface area contributed by atoms with Crippen molar-refractivity contribution in [2.75, 3.05) is 19.6 Å². The molecule has 2 aromatic rings. The first-order valence-electron chi connectivity index (χ1n) is 11.7.